The molecule has 1 saturated heterocycles. The van der Waals surface area contributed by atoms with Gasteiger partial charge in [-0.15, -0.1) is 0 Å². The molecule has 1 aliphatic heterocycles. The lowest BCUT2D eigenvalue weighted by Gasteiger charge is -2.20. The number of hydrogen-bond acceptors (Lipinski definition) is 4. The highest BCUT2D eigenvalue weighted by Crippen LogP contribution is 2.10. The normalized spacial score (nSPS) is 22.7. The van der Waals surface area contributed by atoms with Crippen LogP contribution in [-0.2, 0) is 19.9 Å². The Morgan fingerprint density at radius 3 is 1.16 bits per heavy atom. The largest absolute Gasteiger partial charge is 0.198 e. The molecule has 4 nitrogen and oxygen atoms in total. The van der Waals surface area contributed by atoms with Gasteiger partial charge in [0.2, 0.25) is 0 Å². The molecule has 0 bridgehead atoms. The van der Waals surface area contributed by atoms with Gasteiger partial charge >= 0.3 is 0 Å². The first-order chi connectivity index (χ1) is 9.22. The summed E-state index contributed by atoms with van der Waals surface area (Å²) in [5.74, 6) is 0. The molecule has 19 heavy (non-hydrogen) atoms. The van der Waals surface area contributed by atoms with Crippen molar-refractivity contribution in [1.29, 1.82) is 0 Å². The third-order valence-electron chi connectivity index (χ3n) is 3.28. The maximum absolute atomic E-state index is 4.54. The van der Waals surface area contributed by atoms with Crippen molar-refractivity contribution in [3.8, 4) is 0 Å². The molecule has 0 radical (unpaired) electrons. The lowest BCUT2D eigenvalue weighted by Crippen LogP contribution is -2.31. The molecule has 1 heterocycles. The van der Waals surface area contributed by atoms with Crippen LogP contribution in [0.25, 0.3) is 0 Å². The predicted molar refractivity (Wildman–Crippen MR) is 76.2 cm³/mol. The van der Waals surface area contributed by atoms with Crippen LogP contribution in [0.5, 0.6) is 0 Å². The van der Waals surface area contributed by atoms with Crippen LogP contribution in [0.3, 0.4) is 0 Å². The second kappa shape index (κ2) is 14.3. The van der Waals surface area contributed by atoms with E-state index in [1.807, 2.05) is 13.8 Å². The molecule has 0 saturated carbocycles. The molecular weight excluding hydrogens is 244 g/mol. The fourth-order valence-corrected chi connectivity index (χ4v) is 1.70. The molecule has 2 atom stereocenters. The van der Waals surface area contributed by atoms with E-state index in [2.05, 4.69) is 33.7 Å². The zero-order chi connectivity index (χ0) is 14.3. The Balaban J connectivity index is 0.000000356. The molecule has 1 aliphatic rings. The molecule has 0 N–H and O–H groups in total. The number of unbranched alkanes of at least 4 members (excludes halogenated alkanes) is 8. The van der Waals surface area contributed by atoms with E-state index in [1.54, 1.807) is 0 Å². The van der Waals surface area contributed by atoms with Crippen molar-refractivity contribution in [2.75, 3.05) is 0 Å². The first-order valence-electron chi connectivity index (χ1n) is 7.87. The Morgan fingerprint density at radius 1 is 0.579 bits per heavy atom. The van der Waals surface area contributed by atoms with Gasteiger partial charge in [0, 0.05) is 0 Å². The molecular formula is C15H32O4. The van der Waals surface area contributed by atoms with Crippen LogP contribution in [-0.4, -0.2) is 12.2 Å². The zero-order valence-corrected chi connectivity index (χ0v) is 13.2. The van der Waals surface area contributed by atoms with E-state index in [0.29, 0.717) is 0 Å². The average molecular weight is 276 g/mol. The average Bonchev–Trinajstić information content (AvgIpc) is 2.42. The molecule has 0 spiro atoms. The van der Waals surface area contributed by atoms with Crippen LogP contribution in [0, 0.1) is 0 Å². The van der Waals surface area contributed by atoms with Crippen LogP contribution < -0.4 is 0 Å². The topological polar surface area (TPSA) is 36.9 Å². The Hall–Kier alpha value is -0.160. The van der Waals surface area contributed by atoms with E-state index in [4.69, 9.17) is 0 Å². The van der Waals surface area contributed by atoms with Gasteiger partial charge < -0.3 is 0 Å². The van der Waals surface area contributed by atoms with Crippen LogP contribution in [0.2, 0.25) is 0 Å². The Bertz CT molecular complexity index is 158. The molecule has 0 aromatic rings. The van der Waals surface area contributed by atoms with Crippen molar-refractivity contribution in [3.05, 3.63) is 0 Å². The Morgan fingerprint density at radius 2 is 0.895 bits per heavy atom. The summed E-state index contributed by atoms with van der Waals surface area (Å²) in [5.41, 5.74) is 0. The number of rotatable bonds is 8. The van der Waals surface area contributed by atoms with E-state index in [1.165, 1.54) is 57.8 Å². The van der Waals surface area contributed by atoms with Crippen LogP contribution in [0.4, 0.5) is 0 Å². The number of hydrogen-bond donors (Lipinski definition) is 0. The molecule has 0 aromatic carbocycles. The van der Waals surface area contributed by atoms with Crippen molar-refractivity contribution in [3.63, 3.8) is 0 Å². The van der Waals surface area contributed by atoms with Crippen LogP contribution in [0.1, 0.15) is 85.5 Å². The Labute approximate surface area is 118 Å². The van der Waals surface area contributed by atoms with Gasteiger partial charge in [-0.25, -0.2) is 0 Å². The summed E-state index contributed by atoms with van der Waals surface area (Å²) >= 11 is 0. The molecule has 116 valence electrons. The summed E-state index contributed by atoms with van der Waals surface area (Å²) in [6.07, 6.45) is 12.8. The molecule has 4 heteroatoms. The van der Waals surface area contributed by atoms with E-state index in [-0.39, 0.29) is 12.2 Å². The smallest absolute Gasteiger partial charge is 0.122 e. The first-order valence-corrected chi connectivity index (χ1v) is 7.87. The highest BCUT2D eigenvalue weighted by molar-refractivity contribution is 4.55. The van der Waals surface area contributed by atoms with E-state index >= 15 is 0 Å². The highest BCUT2D eigenvalue weighted by Gasteiger charge is 2.20. The van der Waals surface area contributed by atoms with Crippen LogP contribution in [0.15, 0.2) is 0 Å². The molecule has 1 fully saturated rings. The lowest BCUT2D eigenvalue weighted by molar-refractivity contribution is -0.686. The van der Waals surface area contributed by atoms with Crippen molar-refractivity contribution in [2.45, 2.75) is 97.7 Å². The first kappa shape index (κ1) is 18.8. The fourth-order valence-electron chi connectivity index (χ4n) is 1.70. The summed E-state index contributed by atoms with van der Waals surface area (Å²) in [6, 6.07) is 0. The maximum atomic E-state index is 4.54. The van der Waals surface area contributed by atoms with Gasteiger partial charge in [0.1, 0.15) is 12.2 Å². The summed E-state index contributed by atoms with van der Waals surface area (Å²) < 4.78 is 0. The fraction of sp³-hybridized carbons (Fsp3) is 1.00. The van der Waals surface area contributed by atoms with E-state index in [0.717, 1.165) is 0 Å². The minimum absolute atomic E-state index is 0.0660. The lowest BCUT2D eigenvalue weighted by atomic mass is 10.1. The third kappa shape index (κ3) is 12.6. The third-order valence-corrected chi connectivity index (χ3v) is 3.28. The predicted octanol–water partition coefficient (Wildman–Crippen LogP) is 5.13. The van der Waals surface area contributed by atoms with E-state index < -0.39 is 0 Å². The maximum Gasteiger partial charge on any atom is 0.122 e. The second-order valence-corrected chi connectivity index (χ2v) is 5.21. The highest BCUT2D eigenvalue weighted by atomic mass is 17.7. The monoisotopic (exact) mass is 276 g/mol. The van der Waals surface area contributed by atoms with Crippen molar-refractivity contribution < 1.29 is 19.9 Å². The molecule has 2 unspecified atom stereocenters. The summed E-state index contributed by atoms with van der Waals surface area (Å²) in [6.45, 7) is 8.20. The van der Waals surface area contributed by atoms with Crippen molar-refractivity contribution >= 4 is 0 Å². The molecule has 0 aromatic heterocycles. The minimum atomic E-state index is -0.0660. The Kier molecular flexibility index (Phi) is 14.1. The van der Waals surface area contributed by atoms with Gasteiger partial charge in [0.05, 0.1) is 0 Å². The quantitative estimate of drug-likeness (QED) is 0.455. The van der Waals surface area contributed by atoms with Gasteiger partial charge in [-0.05, 0) is 23.9 Å². The summed E-state index contributed by atoms with van der Waals surface area (Å²) in [4.78, 5) is 9.09. The van der Waals surface area contributed by atoms with Gasteiger partial charge in [-0.3, -0.25) is 0 Å². The van der Waals surface area contributed by atoms with Gasteiger partial charge in [-0.2, -0.15) is 9.78 Å². The van der Waals surface area contributed by atoms with Gasteiger partial charge in [0.25, 0.3) is 0 Å². The molecule has 0 amide bonds. The van der Waals surface area contributed by atoms with Gasteiger partial charge in [-0.1, -0.05) is 71.6 Å². The van der Waals surface area contributed by atoms with Gasteiger partial charge in [0.15, 0.2) is 0 Å². The second-order valence-electron chi connectivity index (χ2n) is 5.21. The van der Waals surface area contributed by atoms with Crippen LogP contribution >= 0.6 is 0 Å². The summed E-state index contributed by atoms with van der Waals surface area (Å²) in [5, 5.41) is 8.06. The van der Waals surface area contributed by atoms with Crippen molar-refractivity contribution in [1.82, 2.24) is 0 Å². The standard InChI is InChI=1S/C11H24.C4H8O4/c1-3-5-7-9-11-10-8-6-4-2;1-3-4(2)6-8-7-5-3/h3-11H2,1-2H3;3-4H,1-2H3. The SMILES string of the molecule is CC1OOOOC1C.CCCCCCCCCCC. The van der Waals surface area contributed by atoms with Crippen molar-refractivity contribution in [2.24, 2.45) is 0 Å². The molecule has 1 rings (SSSR count). The molecule has 0 aliphatic carbocycles. The minimum Gasteiger partial charge on any atom is -0.198 e. The zero-order valence-electron chi connectivity index (χ0n) is 13.2. The summed E-state index contributed by atoms with van der Waals surface area (Å²) in [7, 11) is 0. The van der Waals surface area contributed by atoms with E-state index in [9.17, 15) is 0 Å².